The van der Waals surface area contributed by atoms with Gasteiger partial charge in [0.25, 0.3) is 5.91 Å². The zero-order chi connectivity index (χ0) is 18.7. The van der Waals surface area contributed by atoms with Gasteiger partial charge in [0, 0.05) is 17.7 Å². The molecule has 1 amide bonds. The predicted octanol–water partition coefficient (Wildman–Crippen LogP) is 1.63. The molecule has 0 fully saturated rings. The van der Waals surface area contributed by atoms with Crippen LogP contribution in [0.15, 0.2) is 35.3 Å². The maximum absolute atomic E-state index is 14.7. The number of halogens is 1. The molecular weight excluding hydrogens is 337 g/mol. The highest BCUT2D eigenvalue weighted by molar-refractivity contribution is 6.11. The fraction of sp³-hybridized carbons (Fsp3) is 0.111. The van der Waals surface area contributed by atoms with Crippen LogP contribution in [0.5, 0.6) is 5.75 Å². The minimum absolute atomic E-state index is 0.0109. The fourth-order valence-corrected chi connectivity index (χ4v) is 2.66. The summed E-state index contributed by atoms with van der Waals surface area (Å²) >= 11 is 0. The highest BCUT2D eigenvalue weighted by Gasteiger charge is 2.25. The van der Waals surface area contributed by atoms with Crippen LogP contribution in [0.2, 0.25) is 0 Å². The van der Waals surface area contributed by atoms with Crippen LogP contribution < -0.4 is 10.6 Å². The number of hydrogen-bond acceptors (Lipinski definition) is 6. The molecule has 8 heteroatoms. The molecule has 0 radical (unpaired) electrons. The Morgan fingerprint density at radius 1 is 1.23 bits per heavy atom. The Morgan fingerprint density at radius 2 is 2.00 bits per heavy atom. The van der Waals surface area contributed by atoms with Crippen molar-refractivity contribution in [2.75, 3.05) is 13.1 Å². The van der Waals surface area contributed by atoms with Crippen molar-refractivity contribution in [1.29, 1.82) is 10.5 Å². The molecule has 1 aliphatic heterocycles. The zero-order valence-corrected chi connectivity index (χ0v) is 13.4. The van der Waals surface area contributed by atoms with Gasteiger partial charge >= 0.3 is 0 Å². The van der Waals surface area contributed by atoms with Gasteiger partial charge in [0.05, 0.1) is 29.3 Å². The van der Waals surface area contributed by atoms with Gasteiger partial charge in [0.1, 0.15) is 17.6 Å². The first-order chi connectivity index (χ1) is 12.6. The van der Waals surface area contributed by atoms with E-state index in [1.54, 1.807) is 6.07 Å². The molecule has 26 heavy (non-hydrogen) atoms. The first-order valence-electron chi connectivity index (χ1n) is 7.61. The summed E-state index contributed by atoms with van der Waals surface area (Å²) in [7, 11) is 0. The van der Waals surface area contributed by atoms with Crippen LogP contribution >= 0.6 is 0 Å². The highest BCUT2D eigenvalue weighted by atomic mass is 19.1. The Labute approximate surface area is 148 Å². The highest BCUT2D eigenvalue weighted by Crippen LogP contribution is 2.35. The molecule has 3 N–H and O–H groups in total. The molecular formula is C18H12FN5O2. The van der Waals surface area contributed by atoms with Gasteiger partial charge in [-0.05, 0) is 18.2 Å². The van der Waals surface area contributed by atoms with E-state index in [1.165, 1.54) is 30.3 Å². The lowest BCUT2D eigenvalue weighted by molar-refractivity contribution is 0.0974. The monoisotopic (exact) mass is 349 g/mol. The second-order valence-corrected chi connectivity index (χ2v) is 5.38. The first-order valence-corrected chi connectivity index (χ1v) is 7.61. The van der Waals surface area contributed by atoms with Crippen molar-refractivity contribution in [3.05, 3.63) is 52.8 Å². The number of carbonyl (C=O) groups is 1. The molecule has 7 nitrogen and oxygen atoms in total. The molecule has 0 aliphatic carbocycles. The van der Waals surface area contributed by atoms with Crippen LogP contribution in [0, 0.1) is 28.5 Å². The van der Waals surface area contributed by atoms with E-state index in [4.69, 9.17) is 5.26 Å². The predicted molar refractivity (Wildman–Crippen MR) is 90.7 cm³/mol. The summed E-state index contributed by atoms with van der Waals surface area (Å²) in [6.45, 7) is 1.05. The lowest BCUT2D eigenvalue weighted by Crippen LogP contribution is -2.38. The number of carbonyl (C=O) groups excluding carboxylic acids is 1. The third-order valence-corrected chi connectivity index (χ3v) is 3.83. The average Bonchev–Trinajstić information content (AvgIpc) is 3.14. The smallest absolute Gasteiger partial charge is 0.262 e. The van der Waals surface area contributed by atoms with E-state index in [0.717, 1.165) is 0 Å². The number of benzene rings is 2. The summed E-state index contributed by atoms with van der Waals surface area (Å²) < 4.78 is 14.7. The van der Waals surface area contributed by atoms with Crippen LogP contribution in [0.25, 0.3) is 11.1 Å². The number of rotatable bonds is 2. The van der Waals surface area contributed by atoms with Crippen LogP contribution in [0.1, 0.15) is 21.5 Å². The molecule has 0 saturated carbocycles. The van der Waals surface area contributed by atoms with Crippen molar-refractivity contribution in [2.45, 2.75) is 0 Å². The minimum Gasteiger partial charge on any atom is -0.507 e. The van der Waals surface area contributed by atoms with Gasteiger partial charge in [0.2, 0.25) is 0 Å². The standard InChI is InChI=1S/C18H12FN5O2/c19-16-11(9-21)2-1-3-12(16)14-10(8-20)4-5-13(25)15(14)17(26)24-18-22-6-7-23-18/h1-5,25H,6-7H2,(H2,22,23,24,26). The number of nitriles is 2. The van der Waals surface area contributed by atoms with Crippen molar-refractivity contribution in [1.82, 2.24) is 10.6 Å². The number of amides is 1. The van der Waals surface area contributed by atoms with Crippen LogP contribution in [0.4, 0.5) is 4.39 Å². The van der Waals surface area contributed by atoms with Gasteiger partial charge in [-0.15, -0.1) is 0 Å². The fourth-order valence-electron chi connectivity index (χ4n) is 2.66. The maximum Gasteiger partial charge on any atom is 0.262 e. The van der Waals surface area contributed by atoms with Gasteiger partial charge in [-0.1, -0.05) is 12.1 Å². The molecule has 0 aromatic heterocycles. The number of nitrogens with zero attached hydrogens (tertiary/aromatic N) is 3. The number of nitrogens with one attached hydrogen (secondary N) is 2. The van der Waals surface area contributed by atoms with Crippen LogP contribution in [0.3, 0.4) is 0 Å². The van der Waals surface area contributed by atoms with Crippen LogP contribution in [-0.4, -0.2) is 30.1 Å². The second-order valence-electron chi connectivity index (χ2n) is 5.38. The zero-order valence-electron chi connectivity index (χ0n) is 13.4. The minimum atomic E-state index is -0.873. The van der Waals surface area contributed by atoms with E-state index < -0.39 is 17.5 Å². The Kier molecular flexibility index (Phi) is 4.50. The number of guanidine groups is 1. The molecule has 0 saturated heterocycles. The molecule has 2 aromatic carbocycles. The van der Waals surface area contributed by atoms with Gasteiger partial charge < -0.3 is 10.4 Å². The molecule has 0 atom stereocenters. The van der Waals surface area contributed by atoms with E-state index in [2.05, 4.69) is 15.6 Å². The maximum atomic E-state index is 14.7. The summed E-state index contributed by atoms with van der Waals surface area (Å²) in [6, 6.07) is 10.1. The number of aromatic hydroxyl groups is 1. The van der Waals surface area contributed by atoms with Crippen molar-refractivity contribution in [2.24, 2.45) is 4.99 Å². The first kappa shape index (κ1) is 16.9. The van der Waals surface area contributed by atoms with Gasteiger partial charge in [-0.3, -0.25) is 15.1 Å². The third-order valence-electron chi connectivity index (χ3n) is 3.83. The quantitative estimate of drug-likeness (QED) is 0.761. The van der Waals surface area contributed by atoms with Crippen LogP contribution in [-0.2, 0) is 0 Å². The summed E-state index contributed by atoms with van der Waals surface area (Å²) in [6.07, 6.45) is 0. The summed E-state index contributed by atoms with van der Waals surface area (Å²) in [4.78, 5) is 16.7. The number of phenolic OH excluding ortho intramolecular Hbond substituents is 1. The Morgan fingerprint density at radius 3 is 2.65 bits per heavy atom. The Hall–Kier alpha value is -3.91. The Balaban J connectivity index is 2.21. The summed E-state index contributed by atoms with van der Waals surface area (Å²) in [5.41, 5.74) is -0.721. The van der Waals surface area contributed by atoms with Gasteiger partial charge in [-0.25, -0.2) is 4.39 Å². The molecule has 128 valence electrons. The van der Waals surface area contributed by atoms with Crippen molar-refractivity contribution in [3.8, 4) is 29.0 Å². The van der Waals surface area contributed by atoms with E-state index in [1.807, 2.05) is 6.07 Å². The normalized spacial score (nSPS) is 12.5. The molecule has 0 spiro atoms. The SMILES string of the molecule is N#Cc1cccc(-c2c(C#N)ccc(O)c2C(=O)NC2=NCCN2)c1F. The molecule has 1 aliphatic rings. The molecule has 0 bridgehead atoms. The molecule has 2 aromatic rings. The van der Waals surface area contributed by atoms with Gasteiger partial charge in [-0.2, -0.15) is 10.5 Å². The van der Waals surface area contributed by atoms with E-state index in [9.17, 15) is 19.6 Å². The second kappa shape index (κ2) is 6.91. The van der Waals surface area contributed by atoms with E-state index >= 15 is 0 Å². The molecule has 3 rings (SSSR count). The van der Waals surface area contributed by atoms with Gasteiger partial charge in [0.15, 0.2) is 5.96 Å². The lowest BCUT2D eigenvalue weighted by atomic mass is 9.92. The number of hydrogen-bond donors (Lipinski definition) is 3. The van der Waals surface area contributed by atoms with Crippen molar-refractivity contribution < 1.29 is 14.3 Å². The molecule has 0 unspecified atom stereocenters. The summed E-state index contributed by atoms with van der Waals surface area (Å²) in [5.74, 6) is -1.81. The van der Waals surface area contributed by atoms with Crippen molar-refractivity contribution >= 4 is 11.9 Å². The topological polar surface area (TPSA) is 121 Å². The summed E-state index contributed by atoms with van der Waals surface area (Å²) in [5, 5.41) is 34.0. The number of phenols is 1. The van der Waals surface area contributed by atoms with E-state index in [0.29, 0.717) is 13.1 Å². The van der Waals surface area contributed by atoms with E-state index in [-0.39, 0.29) is 33.8 Å². The number of aliphatic imine (C=N–C) groups is 1. The lowest BCUT2D eigenvalue weighted by Gasteiger charge is -2.14. The van der Waals surface area contributed by atoms with Crippen molar-refractivity contribution in [3.63, 3.8) is 0 Å². The largest absolute Gasteiger partial charge is 0.507 e. The molecule has 1 heterocycles. The third kappa shape index (κ3) is 2.92. The average molecular weight is 349 g/mol. The Bertz CT molecular complexity index is 1020.